The summed E-state index contributed by atoms with van der Waals surface area (Å²) < 4.78 is 0. The molecule has 0 bridgehead atoms. The fourth-order valence-electron chi connectivity index (χ4n) is 2.23. The van der Waals surface area contributed by atoms with Gasteiger partial charge >= 0.3 is 6.03 Å². The van der Waals surface area contributed by atoms with Crippen molar-refractivity contribution >= 4 is 11.7 Å². The number of urea groups is 1. The van der Waals surface area contributed by atoms with E-state index in [2.05, 4.69) is 22.5 Å². The second-order valence-electron chi connectivity index (χ2n) is 5.04. The molecule has 0 radical (unpaired) electrons. The average Bonchev–Trinajstić information content (AvgIpc) is 2.47. The molecule has 0 aliphatic rings. The van der Waals surface area contributed by atoms with Crippen LogP contribution in [0, 0.1) is 13.8 Å². The van der Waals surface area contributed by atoms with Crippen LogP contribution in [0.5, 0.6) is 0 Å². The number of hydrogen-bond donors (Lipinski definition) is 2. The zero-order chi connectivity index (χ0) is 15.2. The third-order valence-corrected chi connectivity index (χ3v) is 3.35. The minimum Gasteiger partial charge on any atom is -0.332 e. The van der Waals surface area contributed by atoms with Crippen LogP contribution in [0.1, 0.15) is 29.4 Å². The molecule has 0 aliphatic heterocycles. The molecule has 0 unspecified atom stereocenters. The minimum atomic E-state index is -0.206. The van der Waals surface area contributed by atoms with Crippen LogP contribution in [-0.2, 0) is 13.0 Å². The highest BCUT2D eigenvalue weighted by Gasteiger charge is 2.08. The maximum absolute atomic E-state index is 12.0. The average molecular weight is 283 g/mol. The SMILES string of the molecule is CCc1cccc(C)c1NC(=O)NCc1cccc(C)n1. The van der Waals surface area contributed by atoms with Crippen LogP contribution in [0.25, 0.3) is 0 Å². The minimum absolute atomic E-state index is 0.206. The van der Waals surface area contributed by atoms with Crippen LogP contribution in [0.15, 0.2) is 36.4 Å². The van der Waals surface area contributed by atoms with E-state index in [-0.39, 0.29) is 6.03 Å². The highest BCUT2D eigenvalue weighted by molar-refractivity contribution is 5.91. The van der Waals surface area contributed by atoms with Crippen LogP contribution in [-0.4, -0.2) is 11.0 Å². The van der Waals surface area contributed by atoms with Crippen molar-refractivity contribution < 1.29 is 4.79 Å². The Bertz CT molecular complexity index is 638. The van der Waals surface area contributed by atoms with Gasteiger partial charge < -0.3 is 10.6 Å². The monoisotopic (exact) mass is 283 g/mol. The summed E-state index contributed by atoms with van der Waals surface area (Å²) in [5, 5.41) is 5.78. The van der Waals surface area contributed by atoms with Crippen molar-refractivity contribution in [3.8, 4) is 0 Å². The van der Waals surface area contributed by atoms with E-state index in [4.69, 9.17) is 0 Å². The summed E-state index contributed by atoms with van der Waals surface area (Å²) in [5.74, 6) is 0. The molecule has 1 aromatic carbocycles. The van der Waals surface area contributed by atoms with Crippen molar-refractivity contribution in [3.63, 3.8) is 0 Å². The number of nitrogens with one attached hydrogen (secondary N) is 2. The van der Waals surface area contributed by atoms with Gasteiger partial charge in [0.15, 0.2) is 0 Å². The first-order chi connectivity index (χ1) is 10.1. The van der Waals surface area contributed by atoms with Crippen molar-refractivity contribution in [2.75, 3.05) is 5.32 Å². The molecule has 110 valence electrons. The molecule has 0 saturated heterocycles. The Morgan fingerprint density at radius 2 is 1.90 bits per heavy atom. The van der Waals surface area contributed by atoms with Gasteiger partial charge in [-0.15, -0.1) is 0 Å². The molecule has 2 amide bonds. The van der Waals surface area contributed by atoms with E-state index in [1.54, 1.807) is 0 Å². The van der Waals surface area contributed by atoms with Gasteiger partial charge in [0.05, 0.1) is 12.2 Å². The Labute approximate surface area is 125 Å². The topological polar surface area (TPSA) is 54.0 Å². The Balaban J connectivity index is 1.99. The van der Waals surface area contributed by atoms with Crippen molar-refractivity contribution in [1.82, 2.24) is 10.3 Å². The number of amides is 2. The maximum atomic E-state index is 12.0. The molecule has 4 heteroatoms. The number of nitrogens with zero attached hydrogens (tertiary/aromatic N) is 1. The van der Waals surface area contributed by atoms with E-state index < -0.39 is 0 Å². The van der Waals surface area contributed by atoms with Gasteiger partial charge in [0.25, 0.3) is 0 Å². The summed E-state index contributed by atoms with van der Waals surface area (Å²) in [6.45, 7) is 6.43. The van der Waals surface area contributed by atoms with Crippen LogP contribution < -0.4 is 10.6 Å². The maximum Gasteiger partial charge on any atom is 0.319 e. The van der Waals surface area contributed by atoms with Gasteiger partial charge in [-0.05, 0) is 43.5 Å². The molecule has 0 spiro atoms. The first-order valence-electron chi connectivity index (χ1n) is 7.16. The van der Waals surface area contributed by atoms with Gasteiger partial charge in [0.1, 0.15) is 0 Å². The van der Waals surface area contributed by atoms with Crippen LogP contribution in [0.3, 0.4) is 0 Å². The third-order valence-electron chi connectivity index (χ3n) is 3.35. The smallest absolute Gasteiger partial charge is 0.319 e. The fraction of sp³-hybridized carbons (Fsp3) is 0.294. The predicted molar refractivity (Wildman–Crippen MR) is 85.4 cm³/mol. The lowest BCUT2D eigenvalue weighted by Gasteiger charge is -2.13. The second kappa shape index (κ2) is 6.88. The van der Waals surface area contributed by atoms with Crippen molar-refractivity contribution in [1.29, 1.82) is 0 Å². The first kappa shape index (κ1) is 15.0. The molecule has 2 rings (SSSR count). The number of pyridine rings is 1. The number of aryl methyl sites for hydroxylation is 3. The van der Waals surface area contributed by atoms with Crippen molar-refractivity contribution in [2.45, 2.75) is 33.7 Å². The molecule has 2 aromatic rings. The number of para-hydroxylation sites is 1. The number of carbonyl (C=O) groups excluding carboxylic acids is 1. The van der Waals surface area contributed by atoms with Gasteiger partial charge in [-0.2, -0.15) is 0 Å². The van der Waals surface area contributed by atoms with Gasteiger partial charge in [-0.3, -0.25) is 4.98 Å². The van der Waals surface area contributed by atoms with Gasteiger partial charge in [-0.25, -0.2) is 4.79 Å². The van der Waals surface area contributed by atoms with E-state index in [9.17, 15) is 4.79 Å². The second-order valence-corrected chi connectivity index (χ2v) is 5.04. The van der Waals surface area contributed by atoms with Crippen LogP contribution >= 0.6 is 0 Å². The summed E-state index contributed by atoms with van der Waals surface area (Å²) in [7, 11) is 0. The lowest BCUT2D eigenvalue weighted by atomic mass is 10.1. The highest BCUT2D eigenvalue weighted by Crippen LogP contribution is 2.20. The quantitative estimate of drug-likeness (QED) is 0.901. The molecular weight excluding hydrogens is 262 g/mol. The summed E-state index contributed by atoms with van der Waals surface area (Å²) in [6, 6.07) is 11.6. The molecule has 1 aromatic heterocycles. The number of carbonyl (C=O) groups is 1. The summed E-state index contributed by atoms with van der Waals surface area (Å²) >= 11 is 0. The molecule has 0 atom stereocenters. The summed E-state index contributed by atoms with van der Waals surface area (Å²) in [5.41, 5.74) is 4.90. The van der Waals surface area contributed by atoms with Gasteiger partial charge in [0.2, 0.25) is 0 Å². The number of rotatable bonds is 4. The van der Waals surface area contributed by atoms with Gasteiger partial charge in [0, 0.05) is 11.4 Å². The molecule has 0 aliphatic carbocycles. The molecule has 4 nitrogen and oxygen atoms in total. The number of anilines is 1. The van der Waals surface area contributed by atoms with E-state index in [1.165, 1.54) is 0 Å². The molecule has 0 fully saturated rings. The van der Waals surface area contributed by atoms with E-state index in [1.807, 2.05) is 50.2 Å². The summed E-state index contributed by atoms with van der Waals surface area (Å²) in [6.07, 6.45) is 0.886. The molecule has 21 heavy (non-hydrogen) atoms. The normalized spacial score (nSPS) is 10.2. The summed E-state index contributed by atoms with van der Waals surface area (Å²) in [4.78, 5) is 16.4. The van der Waals surface area contributed by atoms with Gasteiger partial charge in [-0.1, -0.05) is 31.2 Å². The Hall–Kier alpha value is -2.36. The highest BCUT2D eigenvalue weighted by atomic mass is 16.2. The molecule has 2 N–H and O–H groups in total. The largest absolute Gasteiger partial charge is 0.332 e. The number of hydrogen-bond acceptors (Lipinski definition) is 2. The van der Waals surface area contributed by atoms with Crippen molar-refractivity contribution in [3.05, 3.63) is 58.9 Å². The lowest BCUT2D eigenvalue weighted by molar-refractivity contribution is 0.251. The molecular formula is C17H21N3O. The number of benzene rings is 1. The lowest BCUT2D eigenvalue weighted by Crippen LogP contribution is -2.29. The zero-order valence-electron chi connectivity index (χ0n) is 12.7. The standard InChI is InChI=1S/C17H21N3O/c1-4-14-9-5-7-12(2)16(14)20-17(21)18-11-15-10-6-8-13(3)19-15/h5-10H,4,11H2,1-3H3,(H2,18,20,21). The van der Waals surface area contributed by atoms with E-state index in [0.29, 0.717) is 6.54 Å². The molecule has 0 saturated carbocycles. The van der Waals surface area contributed by atoms with Crippen LogP contribution in [0.2, 0.25) is 0 Å². The Morgan fingerprint density at radius 3 is 2.62 bits per heavy atom. The van der Waals surface area contributed by atoms with E-state index >= 15 is 0 Å². The Kier molecular flexibility index (Phi) is 4.93. The Morgan fingerprint density at radius 1 is 1.14 bits per heavy atom. The zero-order valence-corrected chi connectivity index (χ0v) is 12.7. The predicted octanol–water partition coefficient (Wildman–Crippen LogP) is 3.58. The number of aromatic nitrogens is 1. The fourth-order valence-corrected chi connectivity index (χ4v) is 2.23. The first-order valence-corrected chi connectivity index (χ1v) is 7.16. The van der Waals surface area contributed by atoms with Crippen LogP contribution in [0.4, 0.5) is 10.5 Å². The molecule has 1 heterocycles. The van der Waals surface area contributed by atoms with Crippen molar-refractivity contribution in [2.24, 2.45) is 0 Å². The third kappa shape index (κ3) is 4.05. The van der Waals surface area contributed by atoms with E-state index in [0.717, 1.165) is 34.6 Å².